The number of esters is 1. The average Bonchev–Trinajstić information content (AvgIpc) is 2.59. The van der Waals surface area contributed by atoms with E-state index in [0.29, 0.717) is 31.5 Å². The van der Waals surface area contributed by atoms with Gasteiger partial charge in [0, 0.05) is 12.3 Å². The van der Waals surface area contributed by atoms with Gasteiger partial charge in [0.05, 0.1) is 19.3 Å². The van der Waals surface area contributed by atoms with Gasteiger partial charge in [0.15, 0.2) is 5.79 Å². The molecule has 1 aliphatic carbocycles. The first kappa shape index (κ1) is 12.8. The Balaban J connectivity index is 1.89. The van der Waals surface area contributed by atoms with Crippen LogP contribution in [0.15, 0.2) is 0 Å². The lowest BCUT2D eigenvalue weighted by Gasteiger charge is -2.39. The molecule has 0 aromatic rings. The Bertz CT molecular complexity index is 287. The Morgan fingerprint density at radius 1 is 1.41 bits per heavy atom. The van der Waals surface area contributed by atoms with Crippen molar-refractivity contribution in [3.05, 3.63) is 0 Å². The monoisotopic (exact) mass is 242 g/mol. The molecule has 17 heavy (non-hydrogen) atoms. The molecule has 2 aliphatic rings. The van der Waals surface area contributed by atoms with Crippen molar-refractivity contribution in [2.75, 3.05) is 13.2 Å². The molecule has 0 radical (unpaired) electrons. The first-order chi connectivity index (χ1) is 8.02. The van der Waals surface area contributed by atoms with Crippen molar-refractivity contribution in [1.82, 2.24) is 0 Å². The summed E-state index contributed by atoms with van der Waals surface area (Å²) in [4.78, 5) is 11.5. The molecule has 4 nitrogen and oxygen atoms in total. The zero-order valence-electron chi connectivity index (χ0n) is 10.9. The Morgan fingerprint density at radius 3 is 2.88 bits per heavy atom. The third-order valence-electron chi connectivity index (χ3n) is 3.70. The number of hydrogen-bond acceptors (Lipinski definition) is 4. The maximum atomic E-state index is 11.5. The summed E-state index contributed by atoms with van der Waals surface area (Å²) in [6.45, 7) is 6.88. The van der Waals surface area contributed by atoms with E-state index in [1.54, 1.807) is 0 Å². The van der Waals surface area contributed by atoms with Gasteiger partial charge in [0.1, 0.15) is 0 Å². The summed E-state index contributed by atoms with van der Waals surface area (Å²) in [5, 5.41) is 0. The van der Waals surface area contributed by atoms with E-state index in [2.05, 4.69) is 0 Å². The lowest BCUT2D eigenvalue weighted by Crippen LogP contribution is -2.45. The van der Waals surface area contributed by atoms with Gasteiger partial charge in [-0.3, -0.25) is 4.79 Å². The van der Waals surface area contributed by atoms with Crippen molar-refractivity contribution in [2.24, 2.45) is 11.8 Å². The SMILES string of the molecule is CCOC(=O)C[C@@H]1CC[C@H]2OC(C)(C)OC[C@@H]12. The van der Waals surface area contributed by atoms with Crippen LogP contribution in [0.2, 0.25) is 0 Å². The minimum absolute atomic E-state index is 0.0945. The fourth-order valence-corrected chi connectivity index (χ4v) is 2.88. The Morgan fingerprint density at radius 2 is 2.18 bits per heavy atom. The van der Waals surface area contributed by atoms with Gasteiger partial charge in [-0.1, -0.05) is 0 Å². The number of ether oxygens (including phenoxy) is 3. The molecule has 1 saturated heterocycles. The van der Waals surface area contributed by atoms with Crippen molar-refractivity contribution in [3.8, 4) is 0 Å². The Labute approximate surface area is 103 Å². The molecule has 0 spiro atoms. The molecule has 0 bridgehead atoms. The molecule has 0 N–H and O–H groups in total. The predicted molar refractivity (Wildman–Crippen MR) is 62.4 cm³/mol. The molecule has 0 aromatic heterocycles. The molecule has 0 aromatic carbocycles. The second-order valence-electron chi connectivity index (χ2n) is 5.38. The van der Waals surface area contributed by atoms with Crippen molar-refractivity contribution in [1.29, 1.82) is 0 Å². The number of fused-ring (bicyclic) bond motifs is 1. The van der Waals surface area contributed by atoms with E-state index in [-0.39, 0.29) is 12.1 Å². The van der Waals surface area contributed by atoms with Gasteiger partial charge in [-0.05, 0) is 39.5 Å². The molecule has 3 atom stereocenters. The highest BCUT2D eigenvalue weighted by atomic mass is 16.7. The number of carbonyl (C=O) groups excluding carboxylic acids is 1. The zero-order chi connectivity index (χ0) is 12.5. The van der Waals surface area contributed by atoms with E-state index in [9.17, 15) is 4.79 Å². The quantitative estimate of drug-likeness (QED) is 0.711. The fourth-order valence-electron chi connectivity index (χ4n) is 2.88. The minimum atomic E-state index is -0.472. The molecular formula is C13H22O4. The van der Waals surface area contributed by atoms with Crippen LogP contribution in [0.3, 0.4) is 0 Å². The normalized spacial score (nSPS) is 35.4. The number of hydrogen-bond donors (Lipinski definition) is 0. The highest BCUT2D eigenvalue weighted by Crippen LogP contribution is 2.42. The van der Waals surface area contributed by atoms with E-state index >= 15 is 0 Å². The zero-order valence-corrected chi connectivity index (χ0v) is 10.9. The van der Waals surface area contributed by atoms with Crippen molar-refractivity contribution in [2.45, 2.75) is 51.9 Å². The standard InChI is InChI=1S/C13H22O4/c1-4-15-12(14)7-9-5-6-11-10(9)8-16-13(2,3)17-11/h9-11H,4-8H2,1-3H3/t9-,10-,11+/m0/s1. The molecule has 98 valence electrons. The van der Waals surface area contributed by atoms with Gasteiger partial charge < -0.3 is 14.2 Å². The molecule has 0 amide bonds. The average molecular weight is 242 g/mol. The van der Waals surface area contributed by atoms with Gasteiger partial charge in [-0.25, -0.2) is 0 Å². The maximum Gasteiger partial charge on any atom is 0.306 e. The molecule has 2 rings (SSSR count). The summed E-state index contributed by atoms with van der Waals surface area (Å²) in [6, 6.07) is 0. The van der Waals surface area contributed by atoms with Gasteiger partial charge in [0.2, 0.25) is 0 Å². The van der Waals surface area contributed by atoms with Gasteiger partial charge in [-0.15, -0.1) is 0 Å². The summed E-state index contributed by atoms with van der Waals surface area (Å²) in [5.74, 6) is 0.144. The number of carbonyl (C=O) groups is 1. The van der Waals surface area contributed by atoms with Crippen LogP contribution in [0.1, 0.15) is 40.0 Å². The Hall–Kier alpha value is -0.610. The third kappa shape index (κ3) is 2.99. The van der Waals surface area contributed by atoms with E-state index in [1.165, 1.54) is 0 Å². The first-order valence-electron chi connectivity index (χ1n) is 6.49. The Kier molecular flexibility index (Phi) is 3.73. The predicted octanol–water partition coefficient (Wildman–Crippen LogP) is 2.12. The highest BCUT2D eigenvalue weighted by molar-refractivity contribution is 5.69. The van der Waals surface area contributed by atoms with Gasteiger partial charge >= 0.3 is 5.97 Å². The van der Waals surface area contributed by atoms with Crippen LogP contribution in [0.4, 0.5) is 0 Å². The fraction of sp³-hybridized carbons (Fsp3) is 0.923. The highest BCUT2D eigenvalue weighted by Gasteiger charge is 2.44. The third-order valence-corrected chi connectivity index (χ3v) is 3.70. The first-order valence-corrected chi connectivity index (χ1v) is 6.49. The smallest absolute Gasteiger partial charge is 0.306 e. The van der Waals surface area contributed by atoms with Crippen LogP contribution in [-0.4, -0.2) is 31.1 Å². The lowest BCUT2D eigenvalue weighted by molar-refractivity contribution is -0.290. The second-order valence-corrected chi connectivity index (χ2v) is 5.38. The van der Waals surface area contributed by atoms with E-state index in [4.69, 9.17) is 14.2 Å². The largest absolute Gasteiger partial charge is 0.466 e. The van der Waals surface area contributed by atoms with Gasteiger partial charge in [0.25, 0.3) is 0 Å². The molecule has 2 fully saturated rings. The second kappa shape index (κ2) is 4.94. The van der Waals surface area contributed by atoms with Crippen LogP contribution in [-0.2, 0) is 19.0 Å². The molecular weight excluding hydrogens is 220 g/mol. The van der Waals surface area contributed by atoms with Crippen LogP contribution in [0, 0.1) is 11.8 Å². The van der Waals surface area contributed by atoms with Crippen LogP contribution >= 0.6 is 0 Å². The topological polar surface area (TPSA) is 44.8 Å². The van der Waals surface area contributed by atoms with Crippen LogP contribution in [0.25, 0.3) is 0 Å². The molecule has 4 heteroatoms. The van der Waals surface area contributed by atoms with E-state index in [0.717, 1.165) is 12.8 Å². The summed E-state index contributed by atoms with van der Waals surface area (Å²) in [5.41, 5.74) is 0. The summed E-state index contributed by atoms with van der Waals surface area (Å²) in [7, 11) is 0. The molecule has 0 unspecified atom stereocenters. The molecule has 1 heterocycles. The minimum Gasteiger partial charge on any atom is -0.466 e. The van der Waals surface area contributed by atoms with Crippen LogP contribution < -0.4 is 0 Å². The molecule has 1 aliphatic heterocycles. The lowest BCUT2D eigenvalue weighted by atomic mass is 9.91. The number of rotatable bonds is 3. The summed E-state index contributed by atoms with van der Waals surface area (Å²) < 4.78 is 16.6. The van der Waals surface area contributed by atoms with Gasteiger partial charge in [-0.2, -0.15) is 0 Å². The maximum absolute atomic E-state index is 11.5. The van der Waals surface area contributed by atoms with Crippen molar-refractivity contribution >= 4 is 5.97 Å². The summed E-state index contributed by atoms with van der Waals surface area (Å²) >= 11 is 0. The van der Waals surface area contributed by atoms with E-state index in [1.807, 2.05) is 20.8 Å². The molecule has 1 saturated carbocycles. The summed E-state index contributed by atoms with van der Waals surface area (Å²) in [6.07, 6.45) is 2.82. The van der Waals surface area contributed by atoms with Crippen LogP contribution in [0.5, 0.6) is 0 Å². The van der Waals surface area contributed by atoms with Crippen molar-refractivity contribution < 1.29 is 19.0 Å². The van der Waals surface area contributed by atoms with E-state index < -0.39 is 5.79 Å². The van der Waals surface area contributed by atoms with Crippen molar-refractivity contribution in [3.63, 3.8) is 0 Å².